The summed E-state index contributed by atoms with van der Waals surface area (Å²) < 4.78 is 2.51. The van der Waals surface area contributed by atoms with Crippen molar-refractivity contribution >= 4 is 29.3 Å². The molecule has 1 aromatic carbocycles. The average molecular weight is 452 g/mol. The van der Waals surface area contributed by atoms with Gasteiger partial charge in [0.2, 0.25) is 0 Å². The molecule has 172 valence electrons. The van der Waals surface area contributed by atoms with Gasteiger partial charge in [0.05, 0.1) is 0 Å². The second-order valence-corrected chi connectivity index (χ2v) is 10.6. The topological polar surface area (TPSA) is 66.2 Å². The summed E-state index contributed by atoms with van der Waals surface area (Å²) in [4.78, 5) is 4.48. The van der Waals surface area contributed by atoms with Gasteiger partial charge in [-0.25, -0.2) is 0 Å². The molecule has 1 aliphatic heterocycles. The number of nitrogens with zero attached hydrogens (tertiary/aromatic N) is 2. The first-order valence-electron chi connectivity index (χ1n) is 11.8. The summed E-state index contributed by atoms with van der Waals surface area (Å²) in [6.07, 6.45) is 9.59. The first-order valence-corrected chi connectivity index (χ1v) is 12.8. The molecular weight excluding hydrogens is 414 g/mol. The molecule has 4 N–H and O–H groups in total. The zero-order chi connectivity index (χ0) is 22.7. The SMILES string of the molecule is CCSN1CCC(NC2(C)CC(c3ccc(NC)c(C(C)N)c3)=Cc3ccncc32)CC1. The number of hydrogen-bond donors (Lipinski definition) is 3. The maximum absolute atomic E-state index is 6.29. The summed E-state index contributed by atoms with van der Waals surface area (Å²) in [6, 6.07) is 9.28. The van der Waals surface area contributed by atoms with Crippen LogP contribution in [0.4, 0.5) is 5.69 Å². The quantitative estimate of drug-likeness (QED) is 0.514. The molecule has 2 heterocycles. The second-order valence-electron chi connectivity index (χ2n) is 9.25. The minimum atomic E-state index is -0.144. The van der Waals surface area contributed by atoms with Gasteiger partial charge in [0.1, 0.15) is 0 Å². The van der Waals surface area contributed by atoms with Crippen molar-refractivity contribution in [2.75, 3.05) is 31.2 Å². The number of benzene rings is 1. The van der Waals surface area contributed by atoms with Crippen molar-refractivity contribution in [2.45, 2.75) is 57.7 Å². The van der Waals surface area contributed by atoms with Crippen LogP contribution in [0.2, 0.25) is 0 Å². The van der Waals surface area contributed by atoms with Crippen molar-refractivity contribution in [3.63, 3.8) is 0 Å². The van der Waals surface area contributed by atoms with E-state index in [9.17, 15) is 0 Å². The summed E-state index contributed by atoms with van der Waals surface area (Å²) in [5.74, 6) is 1.15. The molecular formula is C26H37N5S. The van der Waals surface area contributed by atoms with Crippen LogP contribution in [0.3, 0.4) is 0 Å². The van der Waals surface area contributed by atoms with Crippen LogP contribution < -0.4 is 16.4 Å². The van der Waals surface area contributed by atoms with E-state index >= 15 is 0 Å². The Morgan fingerprint density at radius 2 is 2.06 bits per heavy atom. The van der Waals surface area contributed by atoms with Crippen molar-refractivity contribution in [3.8, 4) is 0 Å². The predicted octanol–water partition coefficient (Wildman–Crippen LogP) is 5.02. The van der Waals surface area contributed by atoms with Crippen LogP contribution in [0.1, 0.15) is 68.3 Å². The van der Waals surface area contributed by atoms with E-state index in [1.165, 1.54) is 35.1 Å². The van der Waals surface area contributed by atoms with Crippen LogP contribution in [0.5, 0.6) is 0 Å². The first-order chi connectivity index (χ1) is 15.4. The molecule has 1 saturated heterocycles. The number of pyridine rings is 1. The molecule has 2 atom stereocenters. The van der Waals surface area contributed by atoms with Gasteiger partial charge >= 0.3 is 0 Å². The largest absolute Gasteiger partial charge is 0.388 e. The minimum absolute atomic E-state index is 0.0197. The van der Waals surface area contributed by atoms with E-state index in [1.807, 2.05) is 32.1 Å². The predicted molar refractivity (Wildman–Crippen MR) is 139 cm³/mol. The van der Waals surface area contributed by atoms with Gasteiger partial charge in [0, 0.05) is 61.6 Å². The normalized spacial score (nSPS) is 22.8. The molecule has 1 aliphatic carbocycles. The van der Waals surface area contributed by atoms with Crippen molar-refractivity contribution < 1.29 is 0 Å². The molecule has 1 fully saturated rings. The highest BCUT2D eigenvalue weighted by Crippen LogP contribution is 2.42. The highest BCUT2D eigenvalue weighted by atomic mass is 32.2. The van der Waals surface area contributed by atoms with Gasteiger partial charge in [0.25, 0.3) is 0 Å². The molecule has 2 aromatic rings. The number of rotatable bonds is 7. The fraction of sp³-hybridized carbons (Fsp3) is 0.500. The molecule has 2 aliphatic rings. The number of nitrogens with two attached hydrogens (primary N) is 1. The van der Waals surface area contributed by atoms with Crippen LogP contribution in [0.25, 0.3) is 11.6 Å². The molecule has 4 rings (SSSR count). The Morgan fingerprint density at radius 3 is 2.75 bits per heavy atom. The number of hydrogen-bond acceptors (Lipinski definition) is 6. The van der Waals surface area contributed by atoms with Gasteiger partial charge in [-0.05, 0) is 79.1 Å². The lowest BCUT2D eigenvalue weighted by atomic mass is 9.76. The fourth-order valence-electron chi connectivity index (χ4n) is 5.15. The van der Waals surface area contributed by atoms with E-state index < -0.39 is 0 Å². The van der Waals surface area contributed by atoms with Crippen molar-refractivity contribution in [1.82, 2.24) is 14.6 Å². The zero-order valence-corrected chi connectivity index (χ0v) is 20.6. The number of piperidine rings is 1. The molecule has 6 heteroatoms. The van der Waals surface area contributed by atoms with Gasteiger partial charge in [-0.1, -0.05) is 31.0 Å². The number of aromatic nitrogens is 1. The Morgan fingerprint density at radius 1 is 1.28 bits per heavy atom. The number of anilines is 1. The minimum Gasteiger partial charge on any atom is -0.388 e. The highest BCUT2D eigenvalue weighted by Gasteiger charge is 2.36. The average Bonchev–Trinajstić information content (AvgIpc) is 2.80. The maximum Gasteiger partial charge on any atom is 0.0470 e. The molecule has 0 amide bonds. The van der Waals surface area contributed by atoms with Crippen LogP contribution in [-0.4, -0.2) is 41.2 Å². The van der Waals surface area contributed by atoms with Gasteiger partial charge in [-0.2, -0.15) is 0 Å². The third-order valence-electron chi connectivity index (χ3n) is 6.79. The van der Waals surface area contributed by atoms with Crippen molar-refractivity contribution in [2.24, 2.45) is 5.73 Å². The molecule has 32 heavy (non-hydrogen) atoms. The number of fused-ring (bicyclic) bond motifs is 1. The van der Waals surface area contributed by atoms with Gasteiger partial charge in [0.15, 0.2) is 0 Å². The lowest BCUT2D eigenvalue weighted by Crippen LogP contribution is -2.50. The van der Waals surface area contributed by atoms with Gasteiger partial charge in [-0.15, -0.1) is 0 Å². The monoisotopic (exact) mass is 451 g/mol. The smallest absolute Gasteiger partial charge is 0.0470 e. The van der Waals surface area contributed by atoms with Gasteiger partial charge in [-0.3, -0.25) is 9.29 Å². The van der Waals surface area contributed by atoms with Crippen LogP contribution >= 0.6 is 11.9 Å². The summed E-state index contributed by atoms with van der Waals surface area (Å²) in [5.41, 5.74) is 13.6. The Kier molecular flexibility index (Phi) is 7.25. The zero-order valence-electron chi connectivity index (χ0n) is 19.8. The summed E-state index contributed by atoms with van der Waals surface area (Å²) in [6.45, 7) is 8.93. The van der Waals surface area contributed by atoms with Gasteiger partial charge < -0.3 is 16.4 Å². The molecule has 0 spiro atoms. The van der Waals surface area contributed by atoms with Crippen LogP contribution in [0.15, 0.2) is 36.7 Å². The van der Waals surface area contributed by atoms with Crippen LogP contribution in [0, 0.1) is 0 Å². The van der Waals surface area contributed by atoms with E-state index in [1.54, 1.807) is 0 Å². The lowest BCUT2D eigenvalue weighted by Gasteiger charge is -2.42. The molecule has 0 bridgehead atoms. The molecule has 2 unspecified atom stereocenters. The highest BCUT2D eigenvalue weighted by molar-refractivity contribution is 7.96. The molecule has 1 aromatic heterocycles. The Bertz CT molecular complexity index is 964. The third kappa shape index (κ3) is 4.88. The lowest BCUT2D eigenvalue weighted by molar-refractivity contribution is 0.242. The van der Waals surface area contributed by atoms with E-state index in [0.29, 0.717) is 6.04 Å². The van der Waals surface area contributed by atoms with E-state index in [4.69, 9.17) is 5.73 Å². The Labute approximate surface area is 197 Å². The maximum atomic E-state index is 6.29. The van der Waals surface area contributed by atoms with Crippen molar-refractivity contribution in [1.29, 1.82) is 0 Å². The summed E-state index contributed by atoms with van der Waals surface area (Å²) in [5, 5.41) is 7.34. The summed E-state index contributed by atoms with van der Waals surface area (Å²) in [7, 11) is 1.95. The van der Waals surface area contributed by atoms with Crippen LogP contribution in [-0.2, 0) is 5.54 Å². The Balaban J connectivity index is 1.62. The second kappa shape index (κ2) is 9.96. The van der Waals surface area contributed by atoms with E-state index in [2.05, 4.69) is 70.3 Å². The fourth-order valence-corrected chi connectivity index (χ4v) is 5.98. The molecule has 5 nitrogen and oxygen atoms in total. The molecule has 0 radical (unpaired) electrons. The third-order valence-corrected chi connectivity index (χ3v) is 7.78. The summed E-state index contributed by atoms with van der Waals surface area (Å²) >= 11 is 1.96. The Hall–Kier alpha value is -1.86. The van der Waals surface area contributed by atoms with E-state index in [-0.39, 0.29) is 11.6 Å². The molecule has 0 saturated carbocycles. The number of nitrogens with one attached hydrogen (secondary N) is 2. The van der Waals surface area contributed by atoms with E-state index in [0.717, 1.165) is 36.5 Å². The van der Waals surface area contributed by atoms with Crippen molar-refractivity contribution in [3.05, 3.63) is 58.9 Å². The first kappa shape index (κ1) is 23.3. The standard InChI is InChI=1S/C26H37N5S/c1-5-32-31-12-9-22(10-13-31)30-26(3)16-21(14-20-8-11-29-17-24(20)26)19-6-7-25(28-4)23(15-19)18(2)27/h6-8,11,14-15,17-18,22,28,30H,5,9-10,12-13,16,27H2,1-4H3.